The monoisotopic (exact) mass is 276 g/mol. The maximum Gasteiger partial charge on any atom is 0.115 e. The molecule has 2 rings (SSSR count). The van der Waals surface area contributed by atoms with Gasteiger partial charge in [0, 0.05) is 6.61 Å². The quantitative estimate of drug-likeness (QED) is 0.870. The van der Waals surface area contributed by atoms with Crippen molar-refractivity contribution in [1.29, 1.82) is 0 Å². The number of rotatable bonds is 3. The summed E-state index contributed by atoms with van der Waals surface area (Å²) in [7, 11) is 0. The molecule has 0 aromatic heterocycles. The van der Waals surface area contributed by atoms with Crippen LogP contribution in [0, 0.1) is 16.7 Å². The average Bonchev–Trinajstić information content (AvgIpc) is 2.38. The molecule has 20 heavy (non-hydrogen) atoms. The first kappa shape index (κ1) is 15.4. The predicted octanol–water partition coefficient (Wildman–Crippen LogP) is 4.15. The molecule has 0 heterocycles. The molecule has 0 spiro atoms. The highest BCUT2D eigenvalue weighted by atomic mass is 16.3. The minimum absolute atomic E-state index is 0.00947. The molecule has 0 unspecified atom stereocenters. The van der Waals surface area contributed by atoms with E-state index in [1.54, 1.807) is 6.07 Å². The van der Waals surface area contributed by atoms with E-state index >= 15 is 0 Å². The van der Waals surface area contributed by atoms with Crippen molar-refractivity contribution in [3.05, 3.63) is 29.8 Å². The Morgan fingerprint density at radius 3 is 2.35 bits per heavy atom. The van der Waals surface area contributed by atoms with Crippen LogP contribution in [0.15, 0.2) is 24.3 Å². The fourth-order valence-electron chi connectivity index (χ4n) is 3.59. The molecular weight excluding hydrogens is 248 g/mol. The number of hydrogen-bond donors (Lipinski definition) is 2. The highest BCUT2D eigenvalue weighted by Gasteiger charge is 2.38. The SMILES string of the molecule is CC(C)(C)C1CCC(CO)(Cc2cccc(O)c2)CC1. The summed E-state index contributed by atoms with van der Waals surface area (Å²) < 4.78 is 0. The Kier molecular flexibility index (Phi) is 4.43. The summed E-state index contributed by atoms with van der Waals surface area (Å²) in [6.45, 7) is 7.20. The molecule has 0 bridgehead atoms. The highest BCUT2D eigenvalue weighted by molar-refractivity contribution is 5.28. The van der Waals surface area contributed by atoms with E-state index in [4.69, 9.17) is 0 Å². The van der Waals surface area contributed by atoms with Gasteiger partial charge in [0.1, 0.15) is 5.75 Å². The van der Waals surface area contributed by atoms with Gasteiger partial charge in [0.05, 0.1) is 0 Å². The molecule has 1 fully saturated rings. The Morgan fingerprint density at radius 1 is 1.20 bits per heavy atom. The first-order chi connectivity index (χ1) is 9.35. The van der Waals surface area contributed by atoms with Crippen LogP contribution in [0.1, 0.15) is 52.0 Å². The van der Waals surface area contributed by atoms with Gasteiger partial charge in [-0.15, -0.1) is 0 Å². The molecule has 0 atom stereocenters. The lowest BCUT2D eigenvalue weighted by molar-refractivity contribution is 0.0369. The van der Waals surface area contributed by atoms with Gasteiger partial charge in [0.15, 0.2) is 0 Å². The molecule has 1 aromatic rings. The van der Waals surface area contributed by atoms with E-state index < -0.39 is 0 Å². The maximum absolute atomic E-state index is 9.90. The van der Waals surface area contributed by atoms with Gasteiger partial charge in [0.2, 0.25) is 0 Å². The van der Waals surface area contributed by atoms with Crippen molar-refractivity contribution >= 4 is 0 Å². The summed E-state index contributed by atoms with van der Waals surface area (Å²) >= 11 is 0. The lowest BCUT2D eigenvalue weighted by Crippen LogP contribution is -2.36. The Hall–Kier alpha value is -1.02. The molecule has 0 aliphatic heterocycles. The Bertz CT molecular complexity index is 437. The Labute approximate surface area is 122 Å². The molecule has 1 aliphatic rings. The number of hydrogen-bond acceptors (Lipinski definition) is 2. The van der Waals surface area contributed by atoms with E-state index in [0.29, 0.717) is 11.2 Å². The van der Waals surface area contributed by atoms with Crippen molar-refractivity contribution in [1.82, 2.24) is 0 Å². The second-order valence-corrected chi connectivity index (χ2v) is 7.65. The number of phenols is 1. The molecule has 2 heteroatoms. The van der Waals surface area contributed by atoms with E-state index in [-0.39, 0.29) is 12.0 Å². The van der Waals surface area contributed by atoms with Crippen molar-refractivity contribution in [2.24, 2.45) is 16.7 Å². The van der Waals surface area contributed by atoms with Crippen LogP contribution >= 0.6 is 0 Å². The van der Waals surface area contributed by atoms with E-state index in [1.165, 1.54) is 12.8 Å². The van der Waals surface area contributed by atoms with Crippen molar-refractivity contribution in [2.45, 2.75) is 52.9 Å². The van der Waals surface area contributed by atoms with Gasteiger partial charge in [-0.05, 0) is 66.5 Å². The summed E-state index contributed by atoms with van der Waals surface area (Å²) in [5.41, 5.74) is 1.51. The third kappa shape index (κ3) is 3.54. The topological polar surface area (TPSA) is 40.5 Å². The van der Waals surface area contributed by atoms with E-state index in [1.807, 2.05) is 18.2 Å². The molecule has 0 radical (unpaired) electrons. The first-order valence-corrected chi connectivity index (χ1v) is 7.73. The standard InChI is InChI=1S/C18H28O2/c1-17(2,3)15-7-9-18(13-19,10-8-15)12-14-5-4-6-16(20)11-14/h4-6,11,15,19-20H,7-10,12-13H2,1-3H3. The van der Waals surface area contributed by atoms with E-state index in [9.17, 15) is 10.2 Å². The molecule has 1 saturated carbocycles. The summed E-state index contributed by atoms with van der Waals surface area (Å²) in [4.78, 5) is 0. The zero-order valence-electron chi connectivity index (χ0n) is 13.0. The fourth-order valence-corrected chi connectivity index (χ4v) is 3.59. The minimum atomic E-state index is 0.00947. The van der Waals surface area contributed by atoms with Gasteiger partial charge in [0.25, 0.3) is 0 Å². The third-order valence-electron chi connectivity index (χ3n) is 5.10. The van der Waals surface area contributed by atoms with Crippen LogP contribution in [0.3, 0.4) is 0 Å². The van der Waals surface area contributed by atoms with Gasteiger partial charge in [-0.2, -0.15) is 0 Å². The summed E-state index contributed by atoms with van der Waals surface area (Å²) in [5.74, 6) is 1.07. The van der Waals surface area contributed by atoms with Crippen LogP contribution < -0.4 is 0 Å². The van der Waals surface area contributed by atoms with Gasteiger partial charge in [-0.1, -0.05) is 32.9 Å². The maximum atomic E-state index is 9.90. The number of aliphatic hydroxyl groups excluding tert-OH is 1. The zero-order chi connectivity index (χ0) is 14.8. The normalized spacial score (nSPS) is 27.5. The molecule has 1 aliphatic carbocycles. The Morgan fingerprint density at radius 2 is 1.85 bits per heavy atom. The lowest BCUT2D eigenvalue weighted by Gasteiger charge is -2.43. The van der Waals surface area contributed by atoms with Crippen molar-refractivity contribution in [2.75, 3.05) is 6.61 Å². The van der Waals surface area contributed by atoms with Gasteiger partial charge >= 0.3 is 0 Å². The second-order valence-electron chi connectivity index (χ2n) is 7.65. The minimum Gasteiger partial charge on any atom is -0.508 e. The summed E-state index contributed by atoms with van der Waals surface area (Å²) in [5, 5.41) is 19.5. The molecule has 0 saturated heterocycles. The molecule has 2 N–H and O–H groups in total. The highest BCUT2D eigenvalue weighted by Crippen LogP contribution is 2.46. The van der Waals surface area contributed by atoms with Gasteiger partial charge in [-0.25, -0.2) is 0 Å². The number of aromatic hydroxyl groups is 1. The van der Waals surface area contributed by atoms with E-state index in [0.717, 1.165) is 30.7 Å². The van der Waals surface area contributed by atoms with E-state index in [2.05, 4.69) is 20.8 Å². The summed E-state index contributed by atoms with van der Waals surface area (Å²) in [6.07, 6.45) is 5.43. The fraction of sp³-hybridized carbons (Fsp3) is 0.667. The van der Waals surface area contributed by atoms with Crippen LogP contribution in [-0.2, 0) is 6.42 Å². The van der Waals surface area contributed by atoms with Crippen molar-refractivity contribution in [3.8, 4) is 5.75 Å². The third-order valence-corrected chi connectivity index (χ3v) is 5.10. The molecular formula is C18H28O2. The van der Waals surface area contributed by atoms with Gasteiger partial charge < -0.3 is 10.2 Å². The molecule has 2 nitrogen and oxygen atoms in total. The molecule has 112 valence electrons. The largest absolute Gasteiger partial charge is 0.508 e. The smallest absolute Gasteiger partial charge is 0.115 e. The lowest BCUT2D eigenvalue weighted by atomic mass is 9.62. The number of phenolic OH excluding ortho intramolecular Hbond substituents is 1. The number of aliphatic hydroxyl groups is 1. The van der Waals surface area contributed by atoms with Crippen LogP contribution in [0.5, 0.6) is 5.75 Å². The predicted molar refractivity (Wildman–Crippen MR) is 82.7 cm³/mol. The Balaban J connectivity index is 2.05. The molecule has 0 amide bonds. The van der Waals surface area contributed by atoms with Crippen LogP contribution in [0.4, 0.5) is 0 Å². The van der Waals surface area contributed by atoms with Crippen molar-refractivity contribution < 1.29 is 10.2 Å². The average molecular weight is 276 g/mol. The second kappa shape index (κ2) is 5.77. The zero-order valence-corrected chi connectivity index (χ0v) is 13.0. The van der Waals surface area contributed by atoms with Crippen molar-refractivity contribution in [3.63, 3.8) is 0 Å². The van der Waals surface area contributed by atoms with Gasteiger partial charge in [-0.3, -0.25) is 0 Å². The first-order valence-electron chi connectivity index (χ1n) is 7.73. The molecule has 1 aromatic carbocycles. The number of benzene rings is 1. The van der Waals surface area contributed by atoms with Crippen LogP contribution in [0.2, 0.25) is 0 Å². The summed E-state index contributed by atoms with van der Waals surface area (Å²) in [6, 6.07) is 7.46. The van der Waals surface area contributed by atoms with Crippen LogP contribution in [-0.4, -0.2) is 16.8 Å². The van der Waals surface area contributed by atoms with Crippen LogP contribution in [0.25, 0.3) is 0 Å².